The summed E-state index contributed by atoms with van der Waals surface area (Å²) in [7, 11) is 0. The van der Waals surface area contributed by atoms with Crippen LogP contribution in [-0.2, 0) is 0 Å². The predicted octanol–water partition coefficient (Wildman–Crippen LogP) is 2.54. The van der Waals surface area contributed by atoms with Crippen LogP contribution in [0.15, 0.2) is 24.3 Å². The van der Waals surface area contributed by atoms with Crippen molar-refractivity contribution in [1.29, 1.82) is 0 Å². The van der Waals surface area contributed by atoms with Crippen LogP contribution < -0.4 is 10.6 Å². The zero-order valence-corrected chi connectivity index (χ0v) is 13.7. The molecular formula is C15H24ClN3S. The Morgan fingerprint density at radius 3 is 2.65 bits per heavy atom. The fourth-order valence-corrected chi connectivity index (χ4v) is 3.41. The maximum atomic E-state index is 6.07. The van der Waals surface area contributed by atoms with Crippen molar-refractivity contribution < 1.29 is 0 Å². The summed E-state index contributed by atoms with van der Waals surface area (Å²) in [6.07, 6.45) is 3.35. The first kappa shape index (κ1) is 16.0. The molecule has 1 atom stereocenters. The van der Waals surface area contributed by atoms with Gasteiger partial charge in [0.25, 0.3) is 0 Å². The normalized spacial score (nSPS) is 18.2. The van der Waals surface area contributed by atoms with E-state index in [1.54, 1.807) is 0 Å². The van der Waals surface area contributed by atoms with Crippen molar-refractivity contribution in [2.75, 3.05) is 49.6 Å². The Morgan fingerprint density at radius 1 is 1.30 bits per heavy atom. The van der Waals surface area contributed by atoms with Crippen molar-refractivity contribution in [1.82, 2.24) is 4.90 Å². The van der Waals surface area contributed by atoms with E-state index in [2.05, 4.69) is 22.1 Å². The van der Waals surface area contributed by atoms with Gasteiger partial charge in [-0.3, -0.25) is 4.90 Å². The zero-order valence-electron chi connectivity index (χ0n) is 12.1. The summed E-state index contributed by atoms with van der Waals surface area (Å²) in [5.74, 6) is 1.19. The lowest BCUT2D eigenvalue weighted by Gasteiger charge is -2.40. The topological polar surface area (TPSA) is 32.5 Å². The standard InChI is InChI=1S/C15H24ClN3S/c1-20-10-5-15(12-17)19-8-6-18(7-9-19)14-4-2-3-13(16)11-14/h2-4,11,15H,5-10,12,17H2,1H3. The van der Waals surface area contributed by atoms with Gasteiger partial charge in [0, 0.05) is 49.5 Å². The van der Waals surface area contributed by atoms with Gasteiger partial charge >= 0.3 is 0 Å². The molecule has 1 unspecified atom stereocenters. The van der Waals surface area contributed by atoms with Crippen molar-refractivity contribution >= 4 is 29.1 Å². The van der Waals surface area contributed by atoms with Crippen molar-refractivity contribution in [3.8, 4) is 0 Å². The van der Waals surface area contributed by atoms with Crippen LogP contribution >= 0.6 is 23.4 Å². The number of thioether (sulfide) groups is 1. The van der Waals surface area contributed by atoms with Gasteiger partial charge in [0.05, 0.1) is 0 Å². The van der Waals surface area contributed by atoms with Crippen LogP contribution in [0.1, 0.15) is 6.42 Å². The van der Waals surface area contributed by atoms with E-state index < -0.39 is 0 Å². The van der Waals surface area contributed by atoms with Gasteiger partial charge in [-0.25, -0.2) is 0 Å². The summed E-state index contributed by atoms with van der Waals surface area (Å²) < 4.78 is 0. The molecule has 1 aromatic rings. The van der Waals surface area contributed by atoms with Gasteiger partial charge in [0.2, 0.25) is 0 Å². The molecule has 112 valence electrons. The van der Waals surface area contributed by atoms with Crippen molar-refractivity contribution in [2.45, 2.75) is 12.5 Å². The van der Waals surface area contributed by atoms with Gasteiger partial charge < -0.3 is 10.6 Å². The van der Waals surface area contributed by atoms with Crippen LogP contribution in [0, 0.1) is 0 Å². The summed E-state index contributed by atoms with van der Waals surface area (Å²) in [6.45, 7) is 5.04. The van der Waals surface area contributed by atoms with E-state index >= 15 is 0 Å². The highest BCUT2D eigenvalue weighted by Crippen LogP contribution is 2.21. The molecular weight excluding hydrogens is 290 g/mol. The molecule has 1 heterocycles. The fraction of sp³-hybridized carbons (Fsp3) is 0.600. The first-order valence-electron chi connectivity index (χ1n) is 7.18. The SMILES string of the molecule is CSCCC(CN)N1CCN(c2cccc(Cl)c2)CC1. The minimum absolute atomic E-state index is 0.531. The third-order valence-electron chi connectivity index (χ3n) is 3.93. The largest absolute Gasteiger partial charge is 0.369 e. The summed E-state index contributed by atoms with van der Waals surface area (Å²) >= 11 is 7.97. The lowest BCUT2D eigenvalue weighted by Crippen LogP contribution is -2.52. The van der Waals surface area contributed by atoms with Gasteiger partial charge in [0.15, 0.2) is 0 Å². The molecule has 20 heavy (non-hydrogen) atoms. The minimum Gasteiger partial charge on any atom is -0.369 e. The van der Waals surface area contributed by atoms with Crippen molar-refractivity contribution in [3.05, 3.63) is 29.3 Å². The van der Waals surface area contributed by atoms with Gasteiger partial charge in [-0.15, -0.1) is 0 Å². The lowest BCUT2D eigenvalue weighted by molar-refractivity contribution is 0.185. The number of anilines is 1. The number of nitrogens with two attached hydrogens (primary N) is 1. The smallest absolute Gasteiger partial charge is 0.0426 e. The lowest BCUT2D eigenvalue weighted by atomic mass is 10.1. The second-order valence-corrected chi connectivity index (χ2v) is 6.60. The average molecular weight is 314 g/mol. The Hall–Kier alpha value is -0.420. The number of hydrogen-bond acceptors (Lipinski definition) is 4. The second-order valence-electron chi connectivity index (χ2n) is 5.17. The van der Waals surface area contributed by atoms with E-state index in [1.807, 2.05) is 30.0 Å². The van der Waals surface area contributed by atoms with E-state index in [-0.39, 0.29) is 0 Å². The van der Waals surface area contributed by atoms with Crippen molar-refractivity contribution in [2.24, 2.45) is 5.73 Å². The molecule has 1 aliphatic rings. The monoisotopic (exact) mass is 313 g/mol. The highest BCUT2D eigenvalue weighted by atomic mass is 35.5. The van der Waals surface area contributed by atoms with E-state index in [0.29, 0.717) is 6.04 Å². The quantitative estimate of drug-likeness (QED) is 0.875. The number of benzene rings is 1. The Balaban J connectivity index is 1.88. The maximum Gasteiger partial charge on any atom is 0.0426 e. The molecule has 0 amide bonds. The van der Waals surface area contributed by atoms with Crippen LogP contribution in [0.2, 0.25) is 5.02 Å². The summed E-state index contributed by atoms with van der Waals surface area (Å²) in [4.78, 5) is 4.95. The summed E-state index contributed by atoms with van der Waals surface area (Å²) in [5, 5.41) is 0.810. The molecule has 1 aliphatic heterocycles. The fourth-order valence-electron chi connectivity index (χ4n) is 2.72. The van der Waals surface area contributed by atoms with E-state index in [1.165, 1.54) is 17.9 Å². The molecule has 0 bridgehead atoms. The number of piperazine rings is 1. The Labute approximate surface area is 131 Å². The molecule has 1 saturated heterocycles. The summed E-state index contributed by atoms with van der Waals surface area (Å²) in [6, 6.07) is 8.66. The third kappa shape index (κ3) is 4.29. The molecule has 3 nitrogen and oxygen atoms in total. The number of halogens is 1. The van der Waals surface area contributed by atoms with E-state index in [0.717, 1.165) is 37.7 Å². The zero-order chi connectivity index (χ0) is 14.4. The maximum absolute atomic E-state index is 6.07. The Kier molecular flexibility index (Phi) is 6.49. The third-order valence-corrected chi connectivity index (χ3v) is 4.81. The predicted molar refractivity (Wildman–Crippen MR) is 91.1 cm³/mol. The highest BCUT2D eigenvalue weighted by Gasteiger charge is 2.22. The molecule has 5 heteroatoms. The van der Waals surface area contributed by atoms with Gasteiger partial charge in [-0.2, -0.15) is 11.8 Å². The van der Waals surface area contributed by atoms with Crippen LogP contribution in [0.4, 0.5) is 5.69 Å². The molecule has 0 aliphatic carbocycles. The van der Waals surface area contributed by atoms with Gasteiger partial charge in [-0.1, -0.05) is 17.7 Å². The molecule has 0 saturated carbocycles. The van der Waals surface area contributed by atoms with Crippen LogP contribution in [0.25, 0.3) is 0 Å². The number of rotatable bonds is 6. The van der Waals surface area contributed by atoms with E-state index in [4.69, 9.17) is 17.3 Å². The first-order valence-corrected chi connectivity index (χ1v) is 8.95. The highest BCUT2D eigenvalue weighted by molar-refractivity contribution is 7.98. The molecule has 0 aromatic heterocycles. The second kappa shape index (κ2) is 8.13. The van der Waals surface area contributed by atoms with Crippen molar-refractivity contribution in [3.63, 3.8) is 0 Å². The van der Waals surface area contributed by atoms with E-state index in [9.17, 15) is 0 Å². The minimum atomic E-state index is 0.531. The van der Waals surface area contributed by atoms with Crippen LogP contribution in [0.3, 0.4) is 0 Å². The van der Waals surface area contributed by atoms with Crippen LogP contribution in [-0.4, -0.2) is 55.7 Å². The van der Waals surface area contributed by atoms with Gasteiger partial charge in [-0.05, 0) is 36.6 Å². The van der Waals surface area contributed by atoms with Gasteiger partial charge in [0.1, 0.15) is 0 Å². The molecule has 1 aromatic carbocycles. The summed E-state index contributed by atoms with van der Waals surface area (Å²) in [5.41, 5.74) is 7.16. The molecule has 2 N–H and O–H groups in total. The first-order chi connectivity index (χ1) is 9.74. The molecule has 0 radical (unpaired) electrons. The molecule has 2 rings (SSSR count). The molecule has 0 spiro atoms. The average Bonchev–Trinajstić information content (AvgIpc) is 2.49. The number of hydrogen-bond donors (Lipinski definition) is 1. The Morgan fingerprint density at radius 2 is 2.05 bits per heavy atom. The Bertz CT molecular complexity index is 408. The van der Waals surface area contributed by atoms with Crippen LogP contribution in [0.5, 0.6) is 0 Å². The molecule has 1 fully saturated rings. The number of nitrogens with zero attached hydrogens (tertiary/aromatic N) is 2.